The van der Waals surface area contributed by atoms with E-state index in [0.29, 0.717) is 0 Å². The Labute approximate surface area is 93.6 Å². The summed E-state index contributed by atoms with van der Waals surface area (Å²) in [5.74, 6) is 0.871. The van der Waals surface area contributed by atoms with Crippen molar-refractivity contribution in [2.75, 3.05) is 0 Å². The van der Waals surface area contributed by atoms with Gasteiger partial charge in [-0.2, -0.15) is 0 Å². The van der Waals surface area contributed by atoms with E-state index in [1.807, 2.05) is 39.0 Å². The van der Waals surface area contributed by atoms with Gasteiger partial charge < -0.3 is 10.5 Å². The van der Waals surface area contributed by atoms with Gasteiger partial charge in [0.25, 0.3) is 0 Å². The molecule has 0 saturated heterocycles. The maximum Gasteiger partial charge on any atom is 0.120 e. The average molecular weight is 258 g/mol. The van der Waals surface area contributed by atoms with Gasteiger partial charge in [0, 0.05) is 10.5 Å². The minimum atomic E-state index is 0.0376. The molecule has 0 saturated carbocycles. The van der Waals surface area contributed by atoms with E-state index in [0.717, 1.165) is 10.2 Å². The molecule has 3 heteroatoms. The Morgan fingerprint density at radius 2 is 2.00 bits per heavy atom. The molecule has 0 aliphatic heterocycles. The molecule has 0 radical (unpaired) electrons. The van der Waals surface area contributed by atoms with Gasteiger partial charge in [-0.1, -0.05) is 15.9 Å². The summed E-state index contributed by atoms with van der Waals surface area (Å²) < 4.78 is 6.76. The lowest BCUT2D eigenvalue weighted by molar-refractivity contribution is 0.196. The van der Waals surface area contributed by atoms with Gasteiger partial charge in [0.1, 0.15) is 11.9 Å². The van der Waals surface area contributed by atoms with Crippen molar-refractivity contribution in [3.05, 3.63) is 28.2 Å². The number of halogens is 1. The van der Waals surface area contributed by atoms with Crippen molar-refractivity contribution in [3.63, 3.8) is 0 Å². The number of nitrogens with two attached hydrogens (primary N) is 1. The monoisotopic (exact) mass is 257 g/mol. The van der Waals surface area contributed by atoms with Crippen LogP contribution in [-0.4, -0.2) is 12.1 Å². The first-order valence-corrected chi connectivity index (χ1v) is 5.48. The van der Waals surface area contributed by atoms with Crippen molar-refractivity contribution in [2.45, 2.75) is 32.9 Å². The highest BCUT2D eigenvalue weighted by atomic mass is 79.9. The molecule has 1 unspecified atom stereocenters. The first-order valence-electron chi connectivity index (χ1n) is 4.69. The fraction of sp³-hybridized carbons (Fsp3) is 0.455. The molecular weight excluding hydrogens is 242 g/mol. The van der Waals surface area contributed by atoms with Gasteiger partial charge in [0.15, 0.2) is 0 Å². The van der Waals surface area contributed by atoms with Crippen LogP contribution < -0.4 is 10.5 Å². The molecule has 0 heterocycles. The Balaban J connectivity index is 2.73. The number of aryl methyl sites for hydroxylation is 1. The van der Waals surface area contributed by atoms with Gasteiger partial charge in [0.2, 0.25) is 0 Å². The third-order valence-corrected chi connectivity index (χ3v) is 3.08. The largest absolute Gasteiger partial charge is 0.489 e. The van der Waals surface area contributed by atoms with E-state index in [1.165, 1.54) is 5.56 Å². The highest BCUT2D eigenvalue weighted by molar-refractivity contribution is 9.10. The lowest BCUT2D eigenvalue weighted by Crippen LogP contribution is -2.33. The van der Waals surface area contributed by atoms with Crippen LogP contribution in [0.2, 0.25) is 0 Å². The van der Waals surface area contributed by atoms with E-state index >= 15 is 0 Å². The summed E-state index contributed by atoms with van der Waals surface area (Å²) >= 11 is 3.44. The predicted octanol–water partition coefficient (Wildman–Crippen LogP) is 2.87. The molecule has 1 aromatic carbocycles. The molecule has 1 aromatic rings. The van der Waals surface area contributed by atoms with Crippen molar-refractivity contribution < 1.29 is 4.74 Å². The molecule has 0 amide bonds. The second-order valence-electron chi connectivity index (χ2n) is 3.59. The van der Waals surface area contributed by atoms with Crippen LogP contribution in [0, 0.1) is 6.92 Å². The molecule has 14 heavy (non-hydrogen) atoms. The molecule has 2 atom stereocenters. The molecule has 1 rings (SSSR count). The molecule has 0 bridgehead atoms. The van der Waals surface area contributed by atoms with Crippen molar-refractivity contribution >= 4 is 15.9 Å². The SMILES string of the molecule is Cc1cc(OC(C)[C@H](C)N)ccc1Br. The minimum Gasteiger partial charge on any atom is -0.489 e. The zero-order valence-electron chi connectivity index (χ0n) is 8.75. The topological polar surface area (TPSA) is 35.2 Å². The zero-order chi connectivity index (χ0) is 10.7. The zero-order valence-corrected chi connectivity index (χ0v) is 10.3. The van der Waals surface area contributed by atoms with E-state index in [9.17, 15) is 0 Å². The van der Waals surface area contributed by atoms with Crippen molar-refractivity contribution in [2.24, 2.45) is 5.73 Å². The number of ether oxygens (including phenoxy) is 1. The third-order valence-electron chi connectivity index (χ3n) is 2.19. The average Bonchev–Trinajstić information content (AvgIpc) is 2.11. The molecular formula is C11H16BrNO. The Kier molecular flexibility index (Phi) is 3.96. The summed E-state index contributed by atoms with van der Waals surface area (Å²) in [5.41, 5.74) is 6.88. The van der Waals surface area contributed by atoms with E-state index in [1.54, 1.807) is 0 Å². The molecule has 0 spiro atoms. The number of rotatable bonds is 3. The van der Waals surface area contributed by atoms with E-state index in [-0.39, 0.29) is 12.1 Å². The summed E-state index contributed by atoms with van der Waals surface area (Å²) in [5, 5.41) is 0. The standard InChI is InChI=1S/C11H16BrNO/c1-7-6-10(4-5-11(7)12)14-9(3)8(2)13/h4-6,8-9H,13H2,1-3H3/t8-,9?/m0/s1. The Bertz CT molecular complexity index is 312. The smallest absolute Gasteiger partial charge is 0.120 e. The van der Waals surface area contributed by atoms with Crippen molar-refractivity contribution in [1.29, 1.82) is 0 Å². The molecule has 2 N–H and O–H groups in total. The van der Waals surface area contributed by atoms with E-state index in [4.69, 9.17) is 10.5 Å². The van der Waals surface area contributed by atoms with Crippen molar-refractivity contribution in [1.82, 2.24) is 0 Å². The van der Waals surface area contributed by atoms with Crippen LogP contribution in [0.1, 0.15) is 19.4 Å². The summed E-state index contributed by atoms with van der Waals surface area (Å²) in [4.78, 5) is 0. The Morgan fingerprint density at radius 1 is 1.36 bits per heavy atom. The highest BCUT2D eigenvalue weighted by Crippen LogP contribution is 2.22. The van der Waals surface area contributed by atoms with Crippen LogP contribution in [0.5, 0.6) is 5.75 Å². The second-order valence-corrected chi connectivity index (χ2v) is 4.45. The Hall–Kier alpha value is -0.540. The van der Waals surface area contributed by atoms with Gasteiger partial charge in [-0.3, -0.25) is 0 Å². The maximum atomic E-state index is 5.72. The lowest BCUT2D eigenvalue weighted by Gasteiger charge is -2.18. The normalized spacial score (nSPS) is 14.9. The van der Waals surface area contributed by atoms with Crippen LogP contribution in [-0.2, 0) is 0 Å². The molecule has 78 valence electrons. The van der Waals surface area contributed by atoms with Crippen LogP contribution >= 0.6 is 15.9 Å². The first-order chi connectivity index (χ1) is 6.50. The molecule has 0 aliphatic rings. The van der Waals surface area contributed by atoms with Crippen LogP contribution in [0.4, 0.5) is 0 Å². The van der Waals surface area contributed by atoms with E-state index in [2.05, 4.69) is 15.9 Å². The fourth-order valence-corrected chi connectivity index (χ4v) is 1.26. The van der Waals surface area contributed by atoms with Crippen LogP contribution in [0.3, 0.4) is 0 Å². The third kappa shape index (κ3) is 3.00. The number of hydrogen-bond donors (Lipinski definition) is 1. The summed E-state index contributed by atoms with van der Waals surface area (Å²) in [7, 11) is 0. The van der Waals surface area contributed by atoms with Gasteiger partial charge in [0.05, 0.1) is 0 Å². The quantitative estimate of drug-likeness (QED) is 0.904. The maximum absolute atomic E-state index is 5.72. The van der Waals surface area contributed by atoms with Crippen LogP contribution in [0.25, 0.3) is 0 Å². The summed E-state index contributed by atoms with van der Waals surface area (Å²) in [6.07, 6.45) is 0.0376. The van der Waals surface area contributed by atoms with Gasteiger partial charge in [-0.05, 0) is 44.5 Å². The lowest BCUT2D eigenvalue weighted by atomic mass is 10.2. The molecule has 2 nitrogen and oxygen atoms in total. The van der Waals surface area contributed by atoms with Crippen molar-refractivity contribution in [3.8, 4) is 5.75 Å². The first kappa shape index (κ1) is 11.5. The summed E-state index contributed by atoms with van der Waals surface area (Å²) in [6, 6.07) is 5.97. The molecule has 0 aromatic heterocycles. The van der Waals surface area contributed by atoms with Gasteiger partial charge in [-0.25, -0.2) is 0 Å². The predicted molar refractivity (Wildman–Crippen MR) is 62.6 cm³/mol. The second kappa shape index (κ2) is 4.80. The molecule has 0 aliphatic carbocycles. The van der Waals surface area contributed by atoms with Crippen LogP contribution in [0.15, 0.2) is 22.7 Å². The Morgan fingerprint density at radius 3 is 2.50 bits per heavy atom. The molecule has 0 fully saturated rings. The summed E-state index contributed by atoms with van der Waals surface area (Å²) in [6.45, 7) is 5.95. The fourth-order valence-electron chi connectivity index (χ4n) is 1.01. The van der Waals surface area contributed by atoms with Gasteiger partial charge in [-0.15, -0.1) is 0 Å². The van der Waals surface area contributed by atoms with Gasteiger partial charge >= 0.3 is 0 Å². The van der Waals surface area contributed by atoms with E-state index < -0.39 is 0 Å². The minimum absolute atomic E-state index is 0.0376. The number of benzene rings is 1. The number of hydrogen-bond acceptors (Lipinski definition) is 2. The highest BCUT2D eigenvalue weighted by Gasteiger charge is 2.09.